The second-order valence-corrected chi connectivity index (χ2v) is 6.22. The third-order valence-electron chi connectivity index (χ3n) is 3.82. The van der Waals surface area contributed by atoms with Crippen LogP contribution in [0.5, 0.6) is 0 Å². The van der Waals surface area contributed by atoms with Crippen LogP contribution in [-0.2, 0) is 20.9 Å². The van der Waals surface area contributed by atoms with Gasteiger partial charge in [-0.1, -0.05) is 18.2 Å². The molecule has 1 aromatic carbocycles. The van der Waals surface area contributed by atoms with Crippen LogP contribution in [0.3, 0.4) is 0 Å². The first-order valence-corrected chi connectivity index (χ1v) is 8.27. The van der Waals surface area contributed by atoms with Crippen LogP contribution in [0.15, 0.2) is 35.4 Å². The van der Waals surface area contributed by atoms with E-state index in [1.807, 2.05) is 24.3 Å². The Labute approximate surface area is 143 Å². The van der Waals surface area contributed by atoms with Crippen LogP contribution in [0.4, 0.5) is 4.79 Å². The summed E-state index contributed by atoms with van der Waals surface area (Å²) in [6.45, 7) is 2.20. The monoisotopic (exact) mass is 344 g/mol. The molecule has 7 heteroatoms. The molecule has 1 aromatic heterocycles. The normalized spacial score (nSPS) is 16.4. The van der Waals surface area contributed by atoms with E-state index in [4.69, 9.17) is 4.74 Å². The van der Waals surface area contributed by atoms with Crippen molar-refractivity contribution in [2.75, 3.05) is 13.7 Å². The van der Waals surface area contributed by atoms with Crippen molar-refractivity contribution < 1.29 is 19.1 Å². The van der Waals surface area contributed by atoms with Gasteiger partial charge in [0.05, 0.1) is 12.0 Å². The zero-order chi connectivity index (χ0) is 17.3. The molecule has 124 valence electrons. The van der Waals surface area contributed by atoms with Crippen molar-refractivity contribution in [1.82, 2.24) is 9.47 Å². The Kier molecular flexibility index (Phi) is 4.44. The predicted octanol–water partition coefficient (Wildman–Crippen LogP) is 2.87. The van der Waals surface area contributed by atoms with Crippen molar-refractivity contribution >= 4 is 45.9 Å². The molecule has 24 heavy (non-hydrogen) atoms. The highest BCUT2D eigenvalue weighted by atomic mass is 32.2. The zero-order valence-electron chi connectivity index (χ0n) is 13.3. The highest BCUT2D eigenvalue weighted by Gasteiger charge is 2.33. The summed E-state index contributed by atoms with van der Waals surface area (Å²) in [5.74, 6) is -0.633. The fourth-order valence-electron chi connectivity index (χ4n) is 2.64. The number of ether oxygens (including phenoxy) is 1. The number of carbonyl (C=O) groups is 3. The minimum absolute atomic E-state index is 0.0846. The first-order valence-electron chi connectivity index (χ1n) is 7.45. The van der Waals surface area contributed by atoms with Crippen molar-refractivity contribution in [2.24, 2.45) is 0 Å². The summed E-state index contributed by atoms with van der Waals surface area (Å²) < 4.78 is 6.50. The molecule has 6 nitrogen and oxygen atoms in total. The Bertz CT molecular complexity index is 869. The maximum atomic E-state index is 12.3. The van der Waals surface area contributed by atoms with Crippen molar-refractivity contribution in [3.63, 3.8) is 0 Å². The number of amides is 2. The van der Waals surface area contributed by atoms with Gasteiger partial charge in [0.25, 0.3) is 11.1 Å². The van der Waals surface area contributed by atoms with Gasteiger partial charge in [-0.3, -0.25) is 19.3 Å². The fraction of sp³-hybridized carbons (Fsp3) is 0.235. The number of benzene rings is 1. The standard InChI is InChI=1S/C17H16N2O4S/c1-3-19-16(21)14(24-17(19)22)8-11-9-18(10-15(20)23-2)13-7-5-4-6-12(11)13/h4-9H,3,10H2,1-2H3. The lowest BCUT2D eigenvalue weighted by atomic mass is 10.1. The number of hydrogen-bond donors (Lipinski definition) is 0. The van der Waals surface area contributed by atoms with Crippen LogP contribution in [0.1, 0.15) is 12.5 Å². The van der Waals surface area contributed by atoms with Gasteiger partial charge in [0.15, 0.2) is 0 Å². The molecule has 0 bridgehead atoms. The second kappa shape index (κ2) is 6.52. The van der Waals surface area contributed by atoms with E-state index < -0.39 is 0 Å². The topological polar surface area (TPSA) is 68.6 Å². The number of rotatable bonds is 4. The minimum Gasteiger partial charge on any atom is -0.468 e. The Hall–Kier alpha value is -2.54. The van der Waals surface area contributed by atoms with Crippen molar-refractivity contribution in [3.05, 3.63) is 40.9 Å². The summed E-state index contributed by atoms with van der Waals surface area (Å²) in [4.78, 5) is 37.3. The molecule has 0 aliphatic carbocycles. The number of fused-ring (bicyclic) bond motifs is 1. The van der Waals surface area contributed by atoms with Gasteiger partial charge in [-0.2, -0.15) is 0 Å². The SMILES string of the molecule is CCN1C(=O)SC(=Cc2cn(CC(=O)OC)c3ccccc23)C1=O. The molecule has 0 spiro atoms. The van der Waals surface area contributed by atoms with Crippen LogP contribution < -0.4 is 0 Å². The molecule has 0 N–H and O–H groups in total. The number of esters is 1. The van der Waals surface area contributed by atoms with E-state index in [9.17, 15) is 14.4 Å². The molecule has 0 saturated carbocycles. The molecule has 1 saturated heterocycles. The number of para-hydroxylation sites is 1. The molecule has 2 amide bonds. The number of nitrogens with zero attached hydrogens (tertiary/aromatic N) is 2. The largest absolute Gasteiger partial charge is 0.468 e. The van der Waals surface area contributed by atoms with E-state index in [-0.39, 0.29) is 23.7 Å². The van der Waals surface area contributed by atoms with Crippen molar-refractivity contribution in [1.29, 1.82) is 0 Å². The van der Waals surface area contributed by atoms with Gasteiger partial charge in [0.2, 0.25) is 0 Å². The lowest BCUT2D eigenvalue weighted by Crippen LogP contribution is -2.27. The second-order valence-electron chi connectivity index (χ2n) is 5.23. The average molecular weight is 344 g/mol. The average Bonchev–Trinajstić information content (AvgIpc) is 3.05. The van der Waals surface area contributed by atoms with Crippen molar-refractivity contribution in [2.45, 2.75) is 13.5 Å². The summed E-state index contributed by atoms with van der Waals surface area (Å²) in [6, 6.07) is 7.58. The van der Waals surface area contributed by atoms with Gasteiger partial charge in [-0.15, -0.1) is 0 Å². The Morgan fingerprint density at radius 3 is 2.71 bits per heavy atom. The lowest BCUT2D eigenvalue weighted by molar-refractivity contribution is -0.141. The van der Waals surface area contributed by atoms with E-state index in [1.165, 1.54) is 12.0 Å². The molecule has 0 atom stereocenters. The molecule has 2 aromatic rings. The summed E-state index contributed by atoms with van der Waals surface area (Å²) >= 11 is 0.935. The summed E-state index contributed by atoms with van der Waals surface area (Å²) in [5.41, 5.74) is 1.65. The number of aromatic nitrogens is 1. The van der Waals surface area contributed by atoms with Gasteiger partial charge >= 0.3 is 5.97 Å². The summed E-state index contributed by atoms with van der Waals surface area (Å²) in [5, 5.41) is 0.650. The zero-order valence-corrected chi connectivity index (χ0v) is 14.1. The summed E-state index contributed by atoms with van der Waals surface area (Å²) in [6.07, 6.45) is 3.50. The van der Waals surface area contributed by atoms with Gasteiger partial charge in [-0.25, -0.2) is 0 Å². The van der Waals surface area contributed by atoms with Crippen LogP contribution in [0, 0.1) is 0 Å². The highest BCUT2D eigenvalue weighted by molar-refractivity contribution is 8.18. The maximum Gasteiger partial charge on any atom is 0.325 e. The number of hydrogen-bond acceptors (Lipinski definition) is 5. The minimum atomic E-state index is -0.353. The number of thioether (sulfide) groups is 1. The van der Waals surface area contributed by atoms with Gasteiger partial charge in [0, 0.05) is 29.2 Å². The predicted molar refractivity (Wildman–Crippen MR) is 92.3 cm³/mol. The van der Waals surface area contributed by atoms with Crippen LogP contribution in [-0.4, -0.2) is 40.2 Å². The molecule has 1 aliphatic heterocycles. The fourth-order valence-corrected chi connectivity index (χ4v) is 3.53. The van der Waals surface area contributed by atoms with Crippen LogP contribution >= 0.6 is 11.8 Å². The smallest absolute Gasteiger partial charge is 0.325 e. The van der Waals surface area contributed by atoms with Crippen LogP contribution in [0.25, 0.3) is 17.0 Å². The molecule has 0 radical (unpaired) electrons. The molecular weight excluding hydrogens is 328 g/mol. The molecule has 1 fully saturated rings. The van der Waals surface area contributed by atoms with E-state index >= 15 is 0 Å². The molecule has 3 rings (SSSR count). The highest BCUT2D eigenvalue weighted by Crippen LogP contribution is 2.33. The Morgan fingerprint density at radius 2 is 2.04 bits per heavy atom. The quantitative estimate of drug-likeness (QED) is 0.630. The van der Waals surface area contributed by atoms with E-state index in [2.05, 4.69) is 0 Å². The van der Waals surface area contributed by atoms with Gasteiger partial charge in [0.1, 0.15) is 6.54 Å². The number of imide groups is 1. The number of likely N-dealkylation sites (N-methyl/N-ethyl adjacent to an activating group) is 1. The third kappa shape index (κ3) is 2.82. The van der Waals surface area contributed by atoms with Crippen LogP contribution in [0.2, 0.25) is 0 Å². The maximum absolute atomic E-state index is 12.3. The van der Waals surface area contributed by atoms with Gasteiger partial charge in [-0.05, 0) is 30.8 Å². The van der Waals surface area contributed by atoms with E-state index in [0.717, 1.165) is 28.2 Å². The Balaban J connectivity index is 2.04. The lowest BCUT2D eigenvalue weighted by Gasteiger charge is -2.06. The van der Waals surface area contributed by atoms with E-state index in [0.29, 0.717) is 11.4 Å². The molecule has 2 heterocycles. The number of methoxy groups -OCH3 is 1. The third-order valence-corrected chi connectivity index (χ3v) is 4.73. The molecular formula is C17H16N2O4S. The Morgan fingerprint density at radius 1 is 1.29 bits per heavy atom. The van der Waals surface area contributed by atoms with E-state index in [1.54, 1.807) is 23.8 Å². The first kappa shape index (κ1) is 16.3. The van der Waals surface area contributed by atoms with Gasteiger partial charge < -0.3 is 9.30 Å². The molecule has 0 unspecified atom stereocenters. The van der Waals surface area contributed by atoms with Crippen molar-refractivity contribution in [3.8, 4) is 0 Å². The number of carbonyl (C=O) groups excluding carboxylic acids is 3. The summed E-state index contributed by atoms with van der Waals surface area (Å²) in [7, 11) is 1.34. The molecule has 1 aliphatic rings. The first-order chi connectivity index (χ1) is 11.5.